The van der Waals surface area contributed by atoms with Gasteiger partial charge in [0.15, 0.2) is 5.78 Å². The molecule has 0 aliphatic heterocycles. The van der Waals surface area contributed by atoms with E-state index in [9.17, 15) is 4.79 Å². The third-order valence-corrected chi connectivity index (χ3v) is 4.33. The van der Waals surface area contributed by atoms with E-state index in [1.54, 1.807) is 0 Å². The zero-order valence-corrected chi connectivity index (χ0v) is 16.5. The van der Waals surface area contributed by atoms with Crippen LogP contribution in [0, 0.1) is 5.41 Å². The average molecular weight is 354 g/mol. The van der Waals surface area contributed by atoms with Gasteiger partial charge in [-0.1, -0.05) is 71.0 Å². The molecule has 0 atom stereocenters. The molecule has 0 aliphatic rings. The maximum absolute atomic E-state index is 11.8. The molecule has 0 bridgehead atoms. The maximum Gasteiger partial charge on any atom is 0.163 e. The van der Waals surface area contributed by atoms with Gasteiger partial charge in [-0.25, -0.2) is 0 Å². The highest BCUT2D eigenvalue weighted by atomic mass is 16.5. The summed E-state index contributed by atoms with van der Waals surface area (Å²) in [5, 5.41) is 0. The van der Waals surface area contributed by atoms with Gasteiger partial charge in [0.25, 0.3) is 0 Å². The molecule has 140 valence electrons. The van der Waals surface area contributed by atoms with Gasteiger partial charge in [-0.2, -0.15) is 0 Å². The molecule has 0 saturated carbocycles. The monoisotopic (exact) mass is 354 g/mol. The van der Waals surface area contributed by atoms with Crippen LogP contribution in [0.1, 0.15) is 46.1 Å². The summed E-state index contributed by atoms with van der Waals surface area (Å²) in [7, 11) is 0. The molecule has 2 aromatic carbocycles. The van der Waals surface area contributed by atoms with Crippen LogP contribution in [0.3, 0.4) is 0 Å². The molecule has 0 saturated heterocycles. The zero-order valence-electron chi connectivity index (χ0n) is 16.5. The lowest BCUT2D eigenvalue weighted by Gasteiger charge is -2.16. The van der Waals surface area contributed by atoms with Gasteiger partial charge >= 0.3 is 0 Å². The van der Waals surface area contributed by atoms with Crippen molar-refractivity contribution in [3.05, 3.63) is 54.1 Å². The van der Waals surface area contributed by atoms with Crippen molar-refractivity contribution in [3.8, 4) is 16.9 Å². The number of benzene rings is 2. The van der Waals surface area contributed by atoms with Crippen molar-refractivity contribution in [1.29, 1.82) is 0 Å². The molecule has 26 heavy (non-hydrogen) atoms. The van der Waals surface area contributed by atoms with E-state index in [-0.39, 0.29) is 17.8 Å². The van der Waals surface area contributed by atoms with Crippen LogP contribution in [0.2, 0.25) is 0 Å². The van der Waals surface area contributed by atoms with Crippen LogP contribution in [-0.2, 0) is 9.53 Å². The predicted octanol–water partition coefficient (Wildman–Crippen LogP) is 5.49. The maximum atomic E-state index is 11.8. The van der Waals surface area contributed by atoms with Gasteiger partial charge in [-0.15, -0.1) is 0 Å². The first kappa shape index (κ1) is 20.2. The van der Waals surface area contributed by atoms with Gasteiger partial charge in [-0.05, 0) is 34.7 Å². The lowest BCUT2D eigenvalue weighted by atomic mass is 9.91. The molecule has 0 radical (unpaired) electrons. The highest BCUT2D eigenvalue weighted by Gasteiger charge is 2.20. The Balaban J connectivity index is 1.80. The van der Waals surface area contributed by atoms with E-state index in [2.05, 4.69) is 50.2 Å². The summed E-state index contributed by atoms with van der Waals surface area (Å²) in [5.41, 5.74) is 3.35. The first-order valence-electron chi connectivity index (χ1n) is 9.21. The summed E-state index contributed by atoms with van der Waals surface area (Å²) < 4.78 is 11.1. The second-order valence-corrected chi connectivity index (χ2v) is 7.88. The van der Waals surface area contributed by atoms with Gasteiger partial charge in [0.1, 0.15) is 19.0 Å². The molecule has 0 spiro atoms. The first-order chi connectivity index (χ1) is 12.3. The second-order valence-electron chi connectivity index (χ2n) is 7.88. The molecule has 0 aliphatic carbocycles. The van der Waals surface area contributed by atoms with E-state index in [0.29, 0.717) is 19.1 Å². The Morgan fingerprint density at radius 1 is 0.885 bits per heavy atom. The van der Waals surface area contributed by atoms with E-state index in [4.69, 9.17) is 9.47 Å². The van der Waals surface area contributed by atoms with E-state index >= 15 is 0 Å². The Kier molecular flexibility index (Phi) is 6.98. The van der Waals surface area contributed by atoms with Crippen LogP contribution in [0.15, 0.2) is 48.5 Å². The van der Waals surface area contributed by atoms with Crippen LogP contribution in [0.4, 0.5) is 0 Å². The molecular formula is C23H30O3. The van der Waals surface area contributed by atoms with Crippen molar-refractivity contribution in [2.24, 2.45) is 5.41 Å². The van der Waals surface area contributed by atoms with Crippen LogP contribution in [0.5, 0.6) is 5.75 Å². The molecule has 0 heterocycles. The molecule has 2 rings (SSSR count). The quantitative estimate of drug-likeness (QED) is 0.588. The standard InChI is InChI=1S/C23H30O3/c1-17(2)18-6-8-19(9-7-18)20-10-12-21(13-11-20)26-15-14-25-16-22(24)23(3,4)5/h6-13,17H,14-16H2,1-5H3. The number of ether oxygens (including phenoxy) is 2. The van der Waals surface area contributed by atoms with E-state index in [0.717, 1.165) is 5.75 Å². The van der Waals surface area contributed by atoms with Gasteiger partial charge < -0.3 is 9.47 Å². The smallest absolute Gasteiger partial charge is 0.163 e. The second kappa shape index (κ2) is 9.00. The summed E-state index contributed by atoms with van der Waals surface area (Å²) in [4.78, 5) is 11.8. The topological polar surface area (TPSA) is 35.5 Å². The minimum atomic E-state index is -0.357. The van der Waals surface area contributed by atoms with Crippen LogP contribution < -0.4 is 4.74 Å². The molecule has 3 nitrogen and oxygen atoms in total. The van der Waals surface area contributed by atoms with E-state index in [1.807, 2.05) is 32.9 Å². The Morgan fingerprint density at radius 3 is 1.92 bits per heavy atom. The molecule has 3 heteroatoms. The number of hydrogen-bond donors (Lipinski definition) is 0. The third-order valence-electron chi connectivity index (χ3n) is 4.33. The van der Waals surface area contributed by atoms with Gasteiger partial charge in [0.05, 0.1) is 6.61 Å². The Morgan fingerprint density at radius 2 is 1.42 bits per heavy atom. The number of ketones is 1. The molecule has 2 aromatic rings. The minimum absolute atomic E-state index is 0.102. The summed E-state index contributed by atoms with van der Waals surface area (Å²) in [5.74, 6) is 1.45. The largest absolute Gasteiger partial charge is 0.491 e. The number of carbonyl (C=O) groups excluding carboxylic acids is 1. The average Bonchev–Trinajstić information content (AvgIpc) is 2.61. The number of hydrogen-bond acceptors (Lipinski definition) is 3. The highest BCUT2D eigenvalue weighted by Crippen LogP contribution is 2.24. The summed E-state index contributed by atoms with van der Waals surface area (Å²) in [6, 6.07) is 16.7. The highest BCUT2D eigenvalue weighted by molar-refractivity contribution is 5.84. The van der Waals surface area contributed by atoms with Crippen molar-refractivity contribution < 1.29 is 14.3 Å². The molecule has 0 amide bonds. The number of rotatable bonds is 8. The molecule has 0 unspecified atom stereocenters. The first-order valence-corrected chi connectivity index (χ1v) is 9.21. The lowest BCUT2D eigenvalue weighted by Crippen LogP contribution is -2.25. The van der Waals surface area contributed by atoms with Gasteiger partial charge in [0.2, 0.25) is 0 Å². The fourth-order valence-electron chi connectivity index (χ4n) is 2.40. The van der Waals surface area contributed by atoms with Crippen LogP contribution in [-0.4, -0.2) is 25.6 Å². The fraction of sp³-hybridized carbons (Fsp3) is 0.435. The summed E-state index contributed by atoms with van der Waals surface area (Å²) in [6.45, 7) is 11.1. The fourth-order valence-corrected chi connectivity index (χ4v) is 2.40. The van der Waals surface area contributed by atoms with Crippen molar-refractivity contribution in [3.63, 3.8) is 0 Å². The zero-order chi connectivity index (χ0) is 19.2. The van der Waals surface area contributed by atoms with Crippen molar-refractivity contribution >= 4 is 5.78 Å². The normalized spacial score (nSPS) is 11.6. The Labute approximate surface area is 157 Å². The summed E-state index contributed by atoms with van der Waals surface area (Å²) in [6.07, 6.45) is 0. The van der Waals surface area contributed by atoms with Crippen molar-refractivity contribution in [2.75, 3.05) is 19.8 Å². The van der Waals surface area contributed by atoms with E-state index < -0.39 is 0 Å². The molecular weight excluding hydrogens is 324 g/mol. The van der Waals surface area contributed by atoms with Crippen LogP contribution in [0.25, 0.3) is 11.1 Å². The number of Topliss-reactive ketones (excluding diaryl/α,β-unsaturated/α-hetero) is 1. The van der Waals surface area contributed by atoms with Crippen molar-refractivity contribution in [1.82, 2.24) is 0 Å². The third kappa shape index (κ3) is 5.99. The van der Waals surface area contributed by atoms with Crippen LogP contribution >= 0.6 is 0 Å². The van der Waals surface area contributed by atoms with Crippen molar-refractivity contribution in [2.45, 2.75) is 40.5 Å². The van der Waals surface area contributed by atoms with Gasteiger partial charge in [-0.3, -0.25) is 4.79 Å². The summed E-state index contributed by atoms with van der Waals surface area (Å²) >= 11 is 0. The molecule has 0 N–H and O–H groups in total. The Bertz CT molecular complexity index is 692. The molecule has 0 aromatic heterocycles. The minimum Gasteiger partial charge on any atom is -0.491 e. The Hall–Kier alpha value is -2.13. The van der Waals surface area contributed by atoms with E-state index in [1.165, 1.54) is 16.7 Å². The van der Waals surface area contributed by atoms with Gasteiger partial charge in [0, 0.05) is 5.41 Å². The molecule has 0 fully saturated rings. The predicted molar refractivity (Wildman–Crippen MR) is 107 cm³/mol. The lowest BCUT2D eigenvalue weighted by molar-refractivity contribution is -0.131. The number of carbonyl (C=O) groups is 1. The SMILES string of the molecule is CC(C)c1ccc(-c2ccc(OCCOCC(=O)C(C)(C)C)cc2)cc1.